The van der Waals surface area contributed by atoms with Gasteiger partial charge in [0.25, 0.3) is 0 Å². The van der Waals surface area contributed by atoms with Crippen molar-refractivity contribution in [2.24, 2.45) is 0 Å². The Morgan fingerprint density at radius 3 is 2.28 bits per heavy atom. The molecule has 0 aliphatic rings. The Balaban J connectivity index is 2.40. The molecular weight excluding hydrogens is 292 g/mol. The summed E-state index contributed by atoms with van der Waals surface area (Å²) in [5.74, 6) is 0.781. The van der Waals surface area contributed by atoms with Crippen molar-refractivity contribution in [3.63, 3.8) is 0 Å². The van der Waals surface area contributed by atoms with Gasteiger partial charge in [0, 0.05) is 4.47 Å². The molecule has 1 N–H and O–H groups in total. The van der Waals surface area contributed by atoms with Crippen LogP contribution in [0.3, 0.4) is 0 Å². The molecular formula is C15H15BrO2. The normalized spacial score (nSPS) is 14.0. The maximum atomic E-state index is 10.7. The predicted octanol–water partition coefficient (Wildman–Crippen LogP) is 3.71. The number of methoxy groups -OCH3 is 1. The van der Waals surface area contributed by atoms with Crippen LogP contribution in [-0.4, -0.2) is 12.2 Å². The Morgan fingerprint density at radius 2 is 1.72 bits per heavy atom. The average molecular weight is 307 g/mol. The second-order valence-corrected chi connectivity index (χ2v) is 5.23. The van der Waals surface area contributed by atoms with E-state index >= 15 is 0 Å². The fourth-order valence-corrected chi connectivity index (χ4v) is 2.27. The molecule has 94 valence electrons. The van der Waals surface area contributed by atoms with Gasteiger partial charge in [0.1, 0.15) is 11.4 Å². The molecule has 0 radical (unpaired) electrons. The van der Waals surface area contributed by atoms with Crippen molar-refractivity contribution in [2.45, 2.75) is 12.5 Å². The van der Waals surface area contributed by atoms with Crippen molar-refractivity contribution in [2.75, 3.05) is 7.11 Å². The number of benzene rings is 2. The summed E-state index contributed by atoms with van der Waals surface area (Å²) < 4.78 is 6.07. The minimum Gasteiger partial charge on any atom is -0.497 e. The molecule has 0 amide bonds. The van der Waals surface area contributed by atoms with Crippen molar-refractivity contribution >= 4 is 15.9 Å². The molecule has 0 saturated carbocycles. The van der Waals surface area contributed by atoms with E-state index in [1.165, 1.54) is 0 Å². The van der Waals surface area contributed by atoms with Crippen molar-refractivity contribution in [3.05, 3.63) is 64.1 Å². The van der Waals surface area contributed by atoms with Crippen LogP contribution < -0.4 is 4.74 Å². The van der Waals surface area contributed by atoms with Crippen LogP contribution in [0.15, 0.2) is 53.0 Å². The summed E-state index contributed by atoms with van der Waals surface area (Å²) in [5, 5.41) is 10.7. The van der Waals surface area contributed by atoms with Gasteiger partial charge in [0.2, 0.25) is 0 Å². The molecule has 2 nitrogen and oxygen atoms in total. The lowest BCUT2D eigenvalue weighted by atomic mass is 9.88. The van der Waals surface area contributed by atoms with Gasteiger partial charge in [-0.05, 0) is 42.3 Å². The third-order valence-electron chi connectivity index (χ3n) is 3.04. The Bertz CT molecular complexity index is 532. The van der Waals surface area contributed by atoms with Crippen LogP contribution in [0.4, 0.5) is 0 Å². The molecule has 0 fully saturated rings. The molecule has 2 rings (SSSR count). The highest BCUT2D eigenvalue weighted by atomic mass is 79.9. The second kappa shape index (κ2) is 5.12. The molecule has 0 aromatic heterocycles. The van der Waals surface area contributed by atoms with Crippen LogP contribution in [0, 0.1) is 0 Å². The van der Waals surface area contributed by atoms with E-state index in [4.69, 9.17) is 4.74 Å². The van der Waals surface area contributed by atoms with Gasteiger partial charge in [0.15, 0.2) is 0 Å². The minimum atomic E-state index is -1.02. The standard InChI is InChI=1S/C15H15BrO2/c1-15(17,12-4-3-5-13(16)10-12)11-6-8-14(18-2)9-7-11/h3-10,17H,1-2H3. The number of aliphatic hydroxyl groups is 1. The van der Waals surface area contributed by atoms with Crippen LogP contribution in [0.25, 0.3) is 0 Å². The summed E-state index contributed by atoms with van der Waals surface area (Å²) >= 11 is 3.42. The van der Waals surface area contributed by atoms with Crippen molar-refractivity contribution in [1.82, 2.24) is 0 Å². The summed E-state index contributed by atoms with van der Waals surface area (Å²) in [6.07, 6.45) is 0. The molecule has 0 aliphatic heterocycles. The summed E-state index contributed by atoms with van der Waals surface area (Å²) in [5.41, 5.74) is 0.666. The Labute approximate surface area is 115 Å². The molecule has 1 unspecified atom stereocenters. The van der Waals surface area contributed by atoms with Crippen molar-refractivity contribution < 1.29 is 9.84 Å². The first-order chi connectivity index (χ1) is 8.54. The first-order valence-corrected chi connectivity index (χ1v) is 6.46. The molecule has 1 atom stereocenters. The Morgan fingerprint density at radius 1 is 1.06 bits per heavy atom. The molecule has 0 aliphatic carbocycles. The van der Waals surface area contributed by atoms with Crippen LogP contribution in [0.2, 0.25) is 0 Å². The Kier molecular flexibility index (Phi) is 3.73. The topological polar surface area (TPSA) is 29.5 Å². The third-order valence-corrected chi connectivity index (χ3v) is 3.53. The van der Waals surface area contributed by atoms with E-state index in [0.29, 0.717) is 0 Å². The zero-order chi connectivity index (χ0) is 13.2. The Hall–Kier alpha value is -1.32. The third kappa shape index (κ3) is 2.57. The number of rotatable bonds is 3. The van der Waals surface area contributed by atoms with Gasteiger partial charge in [0.05, 0.1) is 7.11 Å². The molecule has 0 spiro atoms. The zero-order valence-electron chi connectivity index (χ0n) is 10.4. The van der Waals surface area contributed by atoms with Gasteiger partial charge in [-0.3, -0.25) is 0 Å². The molecule has 0 heterocycles. The van der Waals surface area contributed by atoms with E-state index in [0.717, 1.165) is 21.3 Å². The van der Waals surface area contributed by atoms with Crippen molar-refractivity contribution in [1.29, 1.82) is 0 Å². The molecule has 2 aromatic rings. The zero-order valence-corrected chi connectivity index (χ0v) is 11.9. The van der Waals surface area contributed by atoms with E-state index in [2.05, 4.69) is 15.9 Å². The van der Waals surface area contributed by atoms with E-state index in [1.54, 1.807) is 14.0 Å². The van der Waals surface area contributed by atoms with Crippen LogP contribution in [0.5, 0.6) is 5.75 Å². The van der Waals surface area contributed by atoms with Gasteiger partial charge in [-0.15, -0.1) is 0 Å². The van der Waals surface area contributed by atoms with Crippen molar-refractivity contribution in [3.8, 4) is 5.75 Å². The predicted molar refractivity (Wildman–Crippen MR) is 75.8 cm³/mol. The molecule has 2 aromatic carbocycles. The first kappa shape index (κ1) is 13.1. The van der Waals surface area contributed by atoms with Gasteiger partial charge in [-0.2, -0.15) is 0 Å². The largest absolute Gasteiger partial charge is 0.497 e. The van der Waals surface area contributed by atoms with Crippen LogP contribution in [-0.2, 0) is 5.60 Å². The monoisotopic (exact) mass is 306 g/mol. The smallest absolute Gasteiger partial charge is 0.118 e. The fraction of sp³-hybridized carbons (Fsp3) is 0.200. The number of hydrogen-bond acceptors (Lipinski definition) is 2. The number of ether oxygens (including phenoxy) is 1. The van der Waals surface area contributed by atoms with Gasteiger partial charge in [-0.25, -0.2) is 0 Å². The minimum absolute atomic E-state index is 0.781. The van der Waals surface area contributed by atoms with Gasteiger partial charge in [-0.1, -0.05) is 40.2 Å². The van der Waals surface area contributed by atoms with Gasteiger partial charge < -0.3 is 9.84 Å². The summed E-state index contributed by atoms with van der Waals surface area (Å²) in [6, 6.07) is 15.1. The van der Waals surface area contributed by atoms with E-state index in [9.17, 15) is 5.11 Å². The highest BCUT2D eigenvalue weighted by Crippen LogP contribution is 2.31. The number of halogens is 1. The van der Waals surface area contributed by atoms with E-state index < -0.39 is 5.60 Å². The number of hydrogen-bond donors (Lipinski definition) is 1. The lowest BCUT2D eigenvalue weighted by molar-refractivity contribution is 0.102. The average Bonchev–Trinajstić information content (AvgIpc) is 2.39. The fourth-order valence-electron chi connectivity index (χ4n) is 1.87. The molecule has 3 heteroatoms. The SMILES string of the molecule is COc1ccc(C(C)(O)c2cccc(Br)c2)cc1. The summed E-state index contributed by atoms with van der Waals surface area (Å²) in [6.45, 7) is 1.79. The molecule has 18 heavy (non-hydrogen) atoms. The summed E-state index contributed by atoms with van der Waals surface area (Å²) in [4.78, 5) is 0. The lowest BCUT2D eigenvalue weighted by Crippen LogP contribution is -2.22. The quantitative estimate of drug-likeness (QED) is 0.936. The summed E-state index contributed by atoms with van der Waals surface area (Å²) in [7, 11) is 1.63. The maximum absolute atomic E-state index is 10.7. The first-order valence-electron chi connectivity index (χ1n) is 5.67. The molecule has 0 bridgehead atoms. The van der Waals surface area contributed by atoms with E-state index in [1.807, 2.05) is 48.5 Å². The second-order valence-electron chi connectivity index (χ2n) is 4.31. The highest BCUT2D eigenvalue weighted by Gasteiger charge is 2.25. The van der Waals surface area contributed by atoms with Crippen LogP contribution >= 0.6 is 15.9 Å². The molecule has 0 saturated heterocycles. The lowest BCUT2D eigenvalue weighted by Gasteiger charge is -2.25. The van der Waals surface area contributed by atoms with E-state index in [-0.39, 0.29) is 0 Å². The van der Waals surface area contributed by atoms with Crippen LogP contribution in [0.1, 0.15) is 18.1 Å². The highest BCUT2D eigenvalue weighted by molar-refractivity contribution is 9.10. The van der Waals surface area contributed by atoms with Gasteiger partial charge >= 0.3 is 0 Å². The maximum Gasteiger partial charge on any atom is 0.118 e.